The standard InChI is InChI=1S/C57H63N3O5S/c1-8-9-36-59-48-30-24-41-16-10-12-20-46(41)52(48)56(4,5)50(59)32-26-43-18-14-19-44(54(43)65-45-28-22-40(23-29-45)34-35-58-55(61)39(2)3)27-33-51-57(6,7)53-47-21-13-11-17-42(47)25-31-49(53)60(51)37-15-38-66(62,63)64/h10-13,16-17,20-33H,2,8-9,14-15,18-19,34-38H2,1,3-7H3,(H-,58,61,62,63,64)/p+1. The number of unbranched alkanes of at least 4 members (excludes halogenated alkanes) is 1. The molecule has 0 atom stereocenters. The van der Waals surface area contributed by atoms with Crippen LogP contribution in [0.4, 0.5) is 11.4 Å². The van der Waals surface area contributed by atoms with Gasteiger partial charge < -0.3 is 15.0 Å². The number of allylic oxidation sites excluding steroid dienone is 7. The van der Waals surface area contributed by atoms with E-state index in [-0.39, 0.29) is 23.5 Å². The van der Waals surface area contributed by atoms with E-state index >= 15 is 0 Å². The van der Waals surface area contributed by atoms with Crippen LogP contribution >= 0.6 is 0 Å². The predicted octanol–water partition coefficient (Wildman–Crippen LogP) is 12.4. The number of hydrogen-bond acceptors (Lipinski definition) is 5. The normalized spacial score (nSPS) is 18.0. The molecule has 0 saturated carbocycles. The summed E-state index contributed by atoms with van der Waals surface area (Å²) in [7, 11) is -4.13. The van der Waals surface area contributed by atoms with Gasteiger partial charge in [0, 0.05) is 59.6 Å². The fraction of sp³-hybridized carbons (Fsp3) is 0.333. The third kappa shape index (κ3) is 9.47. The molecule has 0 radical (unpaired) electrons. The van der Waals surface area contributed by atoms with Crippen LogP contribution in [0.2, 0.25) is 0 Å². The molecule has 2 aliphatic heterocycles. The maximum atomic E-state index is 12.1. The van der Waals surface area contributed by atoms with Crippen LogP contribution in [0.5, 0.6) is 5.75 Å². The molecule has 2 heterocycles. The van der Waals surface area contributed by atoms with E-state index in [0.29, 0.717) is 25.1 Å². The van der Waals surface area contributed by atoms with Crippen molar-refractivity contribution in [3.63, 3.8) is 0 Å². The predicted molar refractivity (Wildman–Crippen MR) is 272 cm³/mol. The molecular formula is C57H64N3O5S+. The lowest BCUT2D eigenvalue weighted by molar-refractivity contribution is -0.438. The number of amides is 1. The first-order valence-electron chi connectivity index (χ1n) is 23.5. The Kier molecular flexibility index (Phi) is 13.4. The van der Waals surface area contributed by atoms with Crippen molar-refractivity contribution in [2.24, 2.45) is 0 Å². The Morgan fingerprint density at radius 2 is 1.53 bits per heavy atom. The van der Waals surface area contributed by atoms with Crippen molar-refractivity contribution in [1.82, 2.24) is 5.32 Å². The van der Waals surface area contributed by atoms with Crippen molar-refractivity contribution in [3.8, 4) is 5.75 Å². The van der Waals surface area contributed by atoms with E-state index in [1.54, 1.807) is 6.92 Å². The van der Waals surface area contributed by atoms with Crippen LogP contribution in [0.1, 0.15) is 96.8 Å². The Labute approximate surface area is 391 Å². The van der Waals surface area contributed by atoms with Gasteiger partial charge in [-0.05, 0) is 133 Å². The molecule has 2 N–H and O–H groups in total. The van der Waals surface area contributed by atoms with Crippen molar-refractivity contribution >= 4 is 54.7 Å². The van der Waals surface area contributed by atoms with Crippen LogP contribution in [-0.4, -0.2) is 54.6 Å². The molecular weight excluding hydrogens is 839 g/mol. The molecule has 66 heavy (non-hydrogen) atoms. The number of carbonyl (C=O) groups is 1. The average molecular weight is 903 g/mol. The van der Waals surface area contributed by atoms with Gasteiger partial charge in [-0.1, -0.05) is 107 Å². The van der Waals surface area contributed by atoms with Crippen molar-refractivity contribution in [2.75, 3.05) is 30.3 Å². The average Bonchev–Trinajstić information content (AvgIpc) is 3.65. The minimum Gasteiger partial charge on any atom is -0.457 e. The summed E-state index contributed by atoms with van der Waals surface area (Å²) in [4.78, 5) is 14.3. The van der Waals surface area contributed by atoms with Gasteiger partial charge in [-0.25, -0.2) is 0 Å². The van der Waals surface area contributed by atoms with Crippen LogP contribution in [-0.2, 0) is 32.2 Å². The zero-order valence-corrected chi connectivity index (χ0v) is 40.2. The van der Waals surface area contributed by atoms with Gasteiger partial charge in [0.25, 0.3) is 10.1 Å². The van der Waals surface area contributed by atoms with Crippen molar-refractivity contribution in [2.45, 2.75) is 97.3 Å². The van der Waals surface area contributed by atoms with E-state index in [9.17, 15) is 17.8 Å². The minimum absolute atomic E-state index is 0.140. The maximum Gasteiger partial charge on any atom is 0.264 e. The zero-order valence-electron chi connectivity index (χ0n) is 39.4. The molecule has 8 nitrogen and oxygen atoms in total. The second-order valence-corrected chi connectivity index (χ2v) is 20.7. The molecule has 0 bridgehead atoms. The highest BCUT2D eigenvalue weighted by atomic mass is 32.2. The van der Waals surface area contributed by atoms with E-state index in [4.69, 9.17) is 4.74 Å². The summed E-state index contributed by atoms with van der Waals surface area (Å²) >= 11 is 0. The highest BCUT2D eigenvalue weighted by molar-refractivity contribution is 7.85. The molecule has 3 aliphatic rings. The Bertz CT molecular complexity index is 2990. The van der Waals surface area contributed by atoms with E-state index in [1.165, 1.54) is 38.7 Å². The number of hydrogen-bond donors (Lipinski definition) is 2. The molecule has 0 aromatic heterocycles. The van der Waals surface area contributed by atoms with Crippen molar-refractivity contribution in [3.05, 3.63) is 173 Å². The second-order valence-electron chi connectivity index (χ2n) is 19.1. The lowest BCUT2D eigenvalue weighted by Gasteiger charge is -2.27. The SMILES string of the molecule is C=C(C)C(=O)NCCc1ccc(OC2=C(/C=C/C3=[N+](CCCC)c4ccc5ccccc5c4C3(C)C)CCC/C2=C\C=C2\N(CCCS(=O)(=O)O)c3ccc4ccccc4c3C2(C)C)cc1. The Balaban J connectivity index is 1.21. The van der Waals surface area contributed by atoms with Gasteiger partial charge in [0.1, 0.15) is 18.1 Å². The minimum atomic E-state index is -4.13. The lowest BCUT2D eigenvalue weighted by atomic mass is 9.78. The first-order chi connectivity index (χ1) is 31.6. The fourth-order valence-corrected chi connectivity index (χ4v) is 10.8. The molecule has 5 aromatic rings. The molecule has 0 saturated heterocycles. The quantitative estimate of drug-likeness (QED) is 0.0581. The van der Waals surface area contributed by atoms with E-state index in [1.807, 2.05) is 12.1 Å². The highest BCUT2D eigenvalue weighted by Crippen LogP contribution is 2.51. The third-order valence-electron chi connectivity index (χ3n) is 13.6. The molecule has 9 heteroatoms. The maximum absolute atomic E-state index is 12.1. The van der Waals surface area contributed by atoms with Crippen LogP contribution in [0, 0.1) is 0 Å². The van der Waals surface area contributed by atoms with Gasteiger partial charge in [-0.3, -0.25) is 9.35 Å². The first kappa shape index (κ1) is 46.5. The number of fused-ring (bicyclic) bond motifs is 6. The molecule has 1 amide bonds. The van der Waals surface area contributed by atoms with Crippen LogP contribution in [0.3, 0.4) is 0 Å². The van der Waals surface area contributed by atoms with Crippen LogP contribution in [0.15, 0.2) is 156 Å². The summed E-state index contributed by atoms with van der Waals surface area (Å²) in [5.41, 5.74) is 10.4. The summed E-state index contributed by atoms with van der Waals surface area (Å²) in [6.45, 7) is 18.8. The number of rotatable bonds is 16. The topological polar surface area (TPSA) is 99.0 Å². The van der Waals surface area contributed by atoms with Gasteiger partial charge in [0.2, 0.25) is 11.6 Å². The van der Waals surface area contributed by atoms with Gasteiger partial charge in [-0.2, -0.15) is 13.0 Å². The summed E-state index contributed by atoms with van der Waals surface area (Å²) in [5.74, 6) is 1.12. The molecule has 5 aromatic carbocycles. The van der Waals surface area contributed by atoms with E-state index in [2.05, 4.69) is 165 Å². The number of benzene rings is 5. The summed E-state index contributed by atoms with van der Waals surface area (Å²) in [5, 5.41) is 7.79. The van der Waals surface area contributed by atoms with Crippen molar-refractivity contribution in [1.29, 1.82) is 0 Å². The van der Waals surface area contributed by atoms with Crippen LogP contribution in [0.25, 0.3) is 21.5 Å². The number of nitrogens with one attached hydrogen (secondary N) is 1. The molecule has 1 aliphatic carbocycles. The van der Waals surface area contributed by atoms with Crippen molar-refractivity contribution < 1.29 is 27.1 Å². The Morgan fingerprint density at radius 1 is 0.848 bits per heavy atom. The largest absolute Gasteiger partial charge is 0.457 e. The summed E-state index contributed by atoms with van der Waals surface area (Å²) in [6.07, 6.45) is 14.8. The Morgan fingerprint density at radius 3 is 2.21 bits per heavy atom. The van der Waals surface area contributed by atoms with E-state index in [0.717, 1.165) is 83.6 Å². The second kappa shape index (κ2) is 19.1. The summed E-state index contributed by atoms with van der Waals surface area (Å²) < 4.78 is 43.1. The molecule has 0 fully saturated rings. The first-order valence-corrected chi connectivity index (χ1v) is 25.1. The highest BCUT2D eigenvalue weighted by Gasteiger charge is 2.45. The number of nitrogens with zero attached hydrogens (tertiary/aromatic N) is 2. The summed E-state index contributed by atoms with van der Waals surface area (Å²) in [6, 6.07) is 34.1. The van der Waals surface area contributed by atoms with Gasteiger partial charge in [-0.15, -0.1) is 0 Å². The third-order valence-corrected chi connectivity index (χ3v) is 14.4. The number of ether oxygens (including phenoxy) is 1. The van der Waals surface area contributed by atoms with Gasteiger partial charge >= 0.3 is 0 Å². The molecule has 0 unspecified atom stereocenters. The zero-order chi connectivity index (χ0) is 46.8. The molecule has 8 rings (SSSR count). The Hall–Kier alpha value is -6.03. The number of anilines is 1. The molecule has 0 spiro atoms. The monoisotopic (exact) mass is 902 g/mol. The van der Waals surface area contributed by atoms with E-state index < -0.39 is 15.5 Å². The van der Waals surface area contributed by atoms with Crippen LogP contribution < -0.4 is 15.0 Å². The smallest absolute Gasteiger partial charge is 0.264 e. The lowest BCUT2D eigenvalue weighted by Crippen LogP contribution is -2.28. The number of carbonyl (C=O) groups excluding carboxylic acids is 1. The fourth-order valence-electron chi connectivity index (χ4n) is 10.3. The van der Waals surface area contributed by atoms with Gasteiger partial charge in [0.15, 0.2) is 5.71 Å². The molecule has 342 valence electrons. The van der Waals surface area contributed by atoms with Gasteiger partial charge in [0.05, 0.1) is 11.2 Å².